The molecule has 0 saturated carbocycles. The molecular formula is C13H19N3O3. The summed E-state index contributed by atoms with van der Waals surface area (Å²) in [6, 6.07) is 0.0143. The minimum absolute atomic E-state index is 0.0101. The van der Waals surface area contributed by atoms with Crippen molar-refractivity contribution in [3.05, 3.63) is 21.9 Å². The van der Waals surface area contributed by atoms with Crippen LogP contribution in [0.25, 0.3) is 0 Å². The van der Waals surface area contributed by atoms with Gasteiger partial charge in [-0.3, -0.25) is 9.59 Å². The maximum atomic E-state index is 12.4. The number of carbonyl (C=O) groups excluding carboxylic acids is 1. The van der Waals surface area contributed by atoms with E-state index in [4.69, 9.17) is 0 Å². The molecule has 0 saturated heterocycles. The van der Waals surface area contributed by atoms with Gasteiger partial charge in [0.25, 0.3) is 5.91 Å². The van der Waals surface area contributed by atoms with Crippen molar-refractivity contribution in [3.63, 3.8) is 0 Å². The van der Waals surface area contributed by atoms with Crippen LogP contribution in [0.4, 0.5) is 0 Å². The smallest absolute Gasteiger partial charge is 0.315 e. The van der Waals surface area contributed by atoms with Gasteiger partial charge in [0.1, 0.15) is 5.82 Å². The third-order valence-electron chi connectivity index (χ3n) is 3.48. The molecule has 1 aromatic rings. The molecule has 1 atom stereocenters. The molecule has 0 fully saturated rings. The molecule has 0 unspecified atom stereocenters. The third-order valence-corrected chi connectivity index (χ3v) is 3.48. The average Bonchev–Trinajstić information content (AvgIpc) is 2.36. The van der Waals surface area contributed by atoms with E-state index in [-0.39, 0.29) is 23.7 Å². The molecule has 2 heterocycles. The van der Waals surface area contributed by atoms with E-state index in [1.807, 2.05) is 27.7 Å². The van der Waals surface area contributed by atoms with Gasteiger partial charge in [-0.05, 0) is 20.8 Å². The third kappa shape index (κ3) is 2.01. The van der Waals surface area contributed by atoms with Crippen molar-refractivity contribution in [1.29, 1.82) is 0 Å². The first kappa shape index (κ1) is 13.6. The Labute approximate surface area is 111 Å². The summed E-state index contributed by atoms with van der Waals surface area (Å²) < 4.78 is 1.69. The van der Waals surface area contributed by atoms with E-state index in [9.17, 15) is 14.7 Å². The fraction of sp³-hybridized carbons (Fsp3) is 0.615. The molecule has 1 N–H and O–H groups in total. The van der Waals surface area contributed by atoms with Crippen LogP contribution < -0.4 is 5.56 Å². The lowest BCUT2D eigenvalue weighted by Crippen LogP contribution is -2.48. The van der Waals surface area contributed by atoms with Crippen LogP contribution in [-0.2, 0) is 6.42 Å². The highest BCUT2D eigenvalue weighted by Crippen LogP contribution is 2.27. The second kappa shape index (κ2) is 4.68. The van der Waals surface area contributed by atoms with Crippen LogP contribution in [-0.4, -0.2) is 38.1 Å². The van der Waals surface area contributed by atoms with Crippen molar-refractivity contribution in [2.75, 3.05) is 6.54 Å². The van der Waals surface area contributed by atoms with Crippen molar-refractivity contribution >= 4 is 5.91 Å². The van der Waals surface area contributed by atoms with Crippen molar-refractivity contribution in [3.8, 4) is 5.75 Å². The van der Waals surface area contributed by atoms with Gasteiger partial charge in [0, 0.05) is 19.0 Å². The first-order valence-corrected chi connectivity index (χ1v) is 6.53. The first-order valence-electron chi connectivity index (χ1n) is 6.53. The normalized spacial score (nSPS) is 18.9. The number of rotatable bonds is 2. The summed E-state index contributed by atoms with van der Waals surface area (Å²) in [6.45, 7) is 8.21. The van der Waals surface area contributed by atoms with Gasteiger partial charge in [0.2, 0.25) is 5.75 Å². The molecule has 2 rings (SSSR count). The topological polar surface area (TPSA) is 75.4 Å². The molecule has 6 nitrogen and oxygen atoms in total. The van der Waals surface area contributed by atoms with Gasteiger partial charge in [-0.2, -0.15) is 4.98 Å². The molecule has 1 aromatic heterocycles. The number of fused-ring (bicyclic) bond motifs is 1. The summed E-state index contributed by atoms with van der Waals surface area (Å²) in [5, 5.41) is 9.91. The summed E-state index contributed by atoms with van der Waals surface area (Å²) in [6.07, 6.45) is 0.543. The number of hydrogen-bond donors (Lipinski definition) is 1. The maximum absolute atomic E-state index is 12.4. The Bertz CT molecular complexity index is 577. The van der Waals surface area contributed by atoms with E-state index in [0.29, 0.717) is 18.8 Å². The first-order chi connectivity index (χ1) is 8.88. The van der Waals surface area contributed by atoms with Crippen molar-refractivity contribution in [1.82, 2.24) is 14.5 Å². The summed E-state index contributed by atoms with van der Waals surface area (Å²) >= 11 is 0. The lowest BCUT2D eigenvalue weighted by atomic mass is 10.1. The zero-order chi connectivity index (χ0) is 14.3. The Hall–Kier alpha value is -1.85. The standard InChI is InChI=1S/C13H19N3O3/c1-5-9-14-12(18)11(17)10-13(19)15(7(2)3)6-8(4)16(9)10/h7-8,17H,5-6H2,1-4H3/t8-/m0/s1. The summed E-state index contributed by atoms with van der Waals surface area (Å²) in [5.74, 6) is -0.304. The van der Waals surface area contributed by atoms with Gasteiger partial charge in [-0.25, -0.2) is 0 Å². The minimum Gasteiger partial charge on any atom is -0.501 e. The Morgan fingerprint density at radius 2 is 2.05 bits per heavy atom. The van der Waals surface area contributed by atoms with Crippen LogP contribution in [0, 0.1) is 0 Å². The second-order valence-corrected chi connectivity index (χ2v) is 5.15. The Morgan fingerprint density at radius 3 is 2.58 bits per heavy atom. The summed E-state index contributed by atoms with van der Waals surface area (Å²) in [5.41, 5.74) is -0.654. The molecule has 1 amide bonds. The second-order valence-electron chi connectivity index (χ2n) is 5.15. The number of carbonyl (C=O) groups is 1. The van der Waals surface area contributed by atoms with Crippen molar-refractivity contribution in [2.45, 2.75) is 46.2 Å². The number of hydrogen-bond acceptors (Lipinski definition) is 4. The zero-order valence-corrected chi connectivity index (χ0v) is 11.7. The van der Waals surface area contributed by atoms with Crippen LogP contribution in [0.2, 0.25) is 0 Å². The Morgan fingerprint density at radius 1 is 1.42 bits per heavy atom. The quantitative estimate of drug-likeness (QED) is 0.863. The van der Waals surface area contributed by atoms with Crippen LogP contribution in [0.15, 0.2) is 4.79 Å². The van der Waals surface area contributed by atoms with Crippen molar-refractivity contribution < 1.29 is 9.90 Å². The largest absolute Gasteiger partial charge is 0.501 e. The van der Waals surface area contributed by atoms with Crippen LogP contribution in [0.5, 0.6) is 5.75 Å². The minimum atomic E-state index is -0.728. The Balaban J connectivity index is 2.72. The highest BCUT2D eigenvalue weighted by Gasteiger charge is 2.35. The van der Waals surface area contributed by atoms with Crippen LogP contribution >= 0.6 is 0 Å². The van der Waals surface area contributed by atoms with E-state index < -0.39 is 11.3 Å². The SMILES string of the molecule is CCc1nc(=O)c(O)c2n1[C@@H](C)CN(C(C)C)C2=O. The summed E-state index contributed by atoms with van der Waals surface area (Å²) in [7, 11) is 0. The van der Waals surface area contributed by atoms with Gasteiger partial charge in [-0.15, -0.1) is 0 Å². The van der Waals surface area contributed by atoms with E-state index in [2.05, 4.69) is 4.98 Å². The molecule has 0 radical (unpaired) electrons. The van der Waals surface area contributed by atoms with Crippen LogP contribution in [0.3, 0.4) is 0 Å². The zero-order valence-electron chi connectivity index (χ0n) is 11.7. The van der Waals surface area contributed by atoms with Gasteiger partial charge < -0.3 is 14.6 Å². The van der Waals surface area contributed by atoms with E-state index in [1.54, 1.807) is 9.47 Å². The number of aromatic nitrogens is 2. The highest BCUT2D eigenvalue weighted by molar-refractivity contribution is 5.96. The summed E-state index contributed by atoms with van der Waals surface area (Å²) in [4.78, 5) is 29.6. The van der Waals surface area contributed by atoms with Gasteiger partial charge in [0.05, 0.1) is 6.04 Å². The molecule has 1 aliphatic rings. The molecular weight excluding hydrogens is 246 g/mol. The lowest BCUT2D eigenvalue weighted by molar-refractivity contribution is 0.0602. The number of aryl methyl sites for hydroxylation is 1. The number of amides is 1. The molecule has 0 aliphatic carbocycles. The Kier molecular flexibility index (Phi) is 3.34. The molecule has 0 bridgehead atoms. The van der Waals surface area contributed by atoms with Gasteiger partial charge >= 0.3 is 5.56 Å². The fourth-order valence-electron chi connectivity index (χ4n) is 2.53. The average molecular weight is 265 g/mol. The van der Waals surface area contributed by atoms with Gasteiger partial charge in [-0.1, -0.05) is 6.92 Å². The predicted octanol–water partition coefficient (Wildman–Crippen LogP) is 0.936. The molecule has 6 heteroatoms. The monoisotopic (exact) mass is 265 g/mol. The molecule has 1 aliphatic heterocycles. The lowest BCUT2D eigenvalue weighted by Gasteiger charge is -2.37. The molecule has 19 heavy (non-hydrogen) atoms. The van der Waals surface area contributed by atoms with Crippen LogP contribution in [0.1, 0.15) is 50.0 Å². The number of nitrogens with zero attached hydrogens (tertiary/aromatic N) is 3. The van der Waals surface area contributed by atoms with Crippen molar-refractivity contribution in [2.24, 2.45) is 0 Å². The molecule has 104 valence electrons. The predicted molar refractivity (Wildman–Crippen MR) is 70.4 cm³/mol. The van der Waals surface area contributed by atoms with E-state index in [0.717, 1.165) is 0 Å². The number of aromatic hydroxyl groups is 1. The van der Waals surface area contributed by atoms with E-state index in [1.165, 1.54) is 0 Å². The van der Waals surface area contributed by atoms with Gasteiger partial charge in [0.15, 0.2) is 5.69 Å². The maximum Gasteiger partial charge on any atom is 0.315 e. The molecule has 0 spiro atoms. The van der Waals surface area contributed by atoms with E-state index >= 15 is 0 Å². The molecule has 0 aromatic carbocycles. The highest BCUT2D eigenvalue weighted by atomic mass is 16.3. The fourth-order valence-corrected chi connectivity index (χ4v) is 2.53.